The van der Waals surface area contributed by atoms with E-state index in [2.05, 4.69) is 5.32 Å². The molecule has 116 valence electrons. The van der Waals surface area contributed by atoms with Crippen LogP contribution in [0.5, 0.6) is 0 Å². The Bertz CT molecular complexity index is 648. The summed E-state index contributed by atoms with van der Waals surface area (Å²) in [7, 11) is -2.23. The van der Waals surface area contributed by atoms with Crippen LogP contribution in [0, 0.1) is 10.1 Å². The molecule has 0 radical (unpaired) electrons. The van der Waals surface area contributed by atoms with Crippen molar-refractivity contribution in [2.75, 3.05) is 31.2 Å². The normalized spacial score (nSPS) is 20.2. The smallest absolute Gasteiger partial charge is 0.289 e. The molecule has 1 heterocycles. The SMILES string of the molecule is CNc1ccc([N+](=O)[O-])c(S(=O)(=O)N2CCSC(C)C2)c1. The topological polar surface area (TPSA) is 92.5 Å². The number of nitro benzene ring substituents is 1. The van der Waals surface area contributed by atoms with E-state index in [1.807, 2.05) is 6.92 Å². The number of anilines is 1. The highest BCUT2D eigenvalue weighted by Crippen LogP contribution is 2.31. The fourth-order valence-electron chi connectivity index (χ4n) is 2.17. The van der Waals surface area contributed by atoms with E-state index >= 15 is 0 Å². The first-order valence-corrected chi connectivity index (χ1v) is 8.93. The van der Waals surface area contributed by atoms with Crippen molar-refractivity contribution in [3.63, 3.8) is 0 Å². The van der Waals surface area contributed by atoms with Gasteiger partial charge in [0.15, 0.2) is 4.90 Å². The molecule has 1 aliphatic heterocycles. The number of hydrogen-bond donors (Lipinski definition) is 1. The van der Waals surface area contributed by atoms with Crippen molar-refractivity contribution in [3.05, 3.63) is 28.3 Å². The molecule has 0 aliphatic carbocycles. The lowest BCUT2D eigenvalue weighted by atomic mass is 10.3. The number of sulfonamides is 1. The number of nitro groups is 1. The molecule has 21 heavy (non-hydrogen) atoms. The number of nitrogens with zero attached hydrogens (tertiary/aromatic N) is 2. The molecule has 1 atom stereocenters. The van der Waals surface area contributed by atoms with Crippen molar-refractivity contribution in [3.8, 4) is 0 Å². The third-order valence-electron chi connectivity index (χ3n) is 3.27. The number of rotatable bonds is 4. The molecule has 1 unspecified atom stereocenters. The number of thioether (sulfide) groups is 1. The summed E-state index contributed by atoms with van der Waals surface area (Å²) in [6, 6.07) is 4.03. The van der Waals surface area contributed by atoms with Crippen LogP contribution in [-0.2, 0) is 10.0 Å². The fraction of sp³-hybridized carbons (Fsp3) is 0.500. The van der Waals surface area contributed by atoms with Crippen LogP contribution in [0.3, 0.4) is 0 Å². The highest BCUT2D eigenvalue weighted by Gasteiger charge is 2.34. The van der Waals surface area contributed by atoms with E-state index in [9.17, 15) is 18.5 Å². The Morgan fingerprint density at radius 3 is 2.76 bits per heavy atom. The van der Waals surface area contributed by atoms with Gasteiger partial charge in [0.05, 0.1) is 4.92 Å². The van der Waals surface area contributed by atoms with Crippen molar-refractivity contribution in [1.82, 2.24) is 4.31 Å². The predicted molar refractivity (Wildman–Crippen MR) is 83.3 cm³/mol. The Labute approximate surface area is 127 Å². The van der Waals surface area contributed by atoms with E-state index in [0.29, 0.717) is 24.5 Å². The van der Waals surface area contributed by atoms with Crippen molar-refractivity contribution >= 4 is 33.2 Å². The van der Waals surface area contributed by atoms with Gasteiger partial charge in [-0.05, 0) is 12.1 Å². The van der Waals surface area contributed by atoms with Crippen LogP contribution in [0.25, 0.3) is 0 Å². The summed E-state index contributed by atoms with van der Waals surface area (Å²) in [6.45, 7) is 2.69. The average molecular weight is 331 g/mol. The van der Waals surface area contributed by atoms with Gasteiger partial charge in [0.2, 0.25) is 10.0 Å². The van der Waals surface area contributed by atoms with Gasteiger partial charge in [-0.15, -0.1) is 0 Å². The maximum atomic E-state index is 12.7. The van der Waals surface area contributed by atoms with E-state index in [1.54, 1.807) is 18.8 Å². The summed E-state index contributed by atoms with van der Waals surface area (Å²) in [5.74, 6) is 0.694. The van der Waals surface area contributed by atoms with Gasteiger partial charge in [0.1, 0.15) is 0 Å². The minimum Gasteiger partial charge on any atom is -0.388 e. The molecule has 1 N–H and O–H groups in total. The third-order valence-corrected chi connectivity index (χ3v) is 6.30. The molecule has 0 spiro atoms. The Kier molecular flexibility index (Phi) is 4.74. The van der Waals surface area contributed by atoms with Crippen LogP contribution in [-0.4, -0.2) is 48.8 Å². The van der Waals surface area contributed by atoms with Crippen molar-refractivity contribution in [2.24, 2.45) is 0 Å². The lowest BCUT2D eigenvalue weighted by Gasteiger charge is -2.29. The van der Waals surface area contributed by atoms with Gasteiger partial charge in [-0.1, -0.05) is 6.92 Å². The molecular weight excluding hydrogens is 314 g/mol. The predicted octanol–water partition coefficient (Wildman–Crippen LogP) is 1.76. The molecule has 0 amide bonds. The van der Waals surface area contributed by atoms with Crippen molar-refractivity contribution in [2.45, 2.75) is 17.1 Å². The van der Waals surface area contributed by atoms with E-state index in [1.165, 1.54) is 22.5 Å². The van der Waals surface area contributed by atoms with E-state index in [0.717, 1.165) is 0 Å². The Morgan fingerprint density at radius 2 is 2.19 bits per heavy atom. The van der Waals surface area contributed by atoms with Gasteiger partial charge in [-0.3, -0.25) is 10.1 Å². The molecular formula is C12H17N3O4S2. The van der Waals surface area contributed by atoms with Crippen LogP contribution in [0.2, 0.25) is 0 Å². The van der Waals surface area contributed by atoms with Crippen LogP contribution in [0.1, 0.15) is 6.92 Å². The number of benzene rings is 1. The minimum absolute atomic E-state index is 0.181. The zero-order valence-corrected chi connectivity index (χ0v) is 13.4. The zero-order valence-electron chi connectivity index (χ0n) is 11.8. The van der Waals surface area contributed by atoms with Crippen LogP contribution < -0.4 is 5.32 Å². The molecule has 2 rings (SSSR count). The van der Waals surface area contributed by atoms with Gasteiger partial charge >= 0.3 is 0 Å². The summed E-state index contributed by atoms with van der Waals surface area (Å²) >= 11 is 1.70. The van der Waals surface area contributed by atoms with Gasteiger partial charge in [-0.25, -0.2) is 8.42 Å². The second kappa shape index (κ2) is 6.20. The fourth-order valence-corrected chi connectivity index (χ4v) is 5.11. The molecule has 1 aliphatic rings. The molecule has 9 heteroatoms. The maximum Gasteiger partial charge on any atom is 0.289 e. The van der Waals surface area contributed by atoms with E-state index in [4.69, 9.17) is 0 Å². The first kappa shape index (κ1) is 16.1. The quantitative estimate of drug-likeness (QED) is 0.667. The summed E-state index contributed by atoms with van der Waals surface area (Å²) < 4.78 is 26.8. The van der Waals surface area contributed by atoms with Gasteiger partial charge in [-0.2, -0.15) is 16.1 Å². The first-order chi connectivity index (χ1) is 9.86. The Hall–Kier alpha value is -1.32. The zero-order chi connectivity index (χ0) is 15.6. The largest absolute Gasteiger partial charge is 0.388 e. The third kappa shape index (κ3) is 3.30. The standard InChI is InChI=1S/C12H17N3O4S2/c1-9-8-14(5-6-20-9)21(18,19)12-7-10(13-2)3-4-11(12)15(16)17/h3-4,7,9,13H,5-6,8H2,1-2H3. The van der Waals surface area contributed by atoms with Gasteiger partial charge in [0, 0.05) is 42.9 Å². The monoisotopic (exact) mass is 331 g/mol. The maximum absolute atomic E-state index is 12.7. The highest BCUT2D eigenvalue weighted by atomic mass is 32.2. The molecule has 1 saturated heterocycles. The first-order valence-electron chi connectivity index (χ1n) is 6.44. The van der Waals surface area contributed by atoms with Gasteiger partial charge in [0.25, 0.3) is 5.69 Å². The summed E-state index contributed by atoms with van der Waals surface area (Å²) in [4.78, 5) is 10.2. The summed E-state index contributed by atoms with van der Waals surface area (Å²) in [5, 5.41) is 14.1. The second-order valence-corrected chi connectivity index (χ2v) is 8.19. The lowest BCUT2D eigenvalue weighted by molar-refractivity contribution is -0.387. The molecule has 7 nitrogen and oxygen atoms in total. The van der Waals surface area contributed by atoms with Crippen LogP contribution in [0.15, 0.2) is 23.1 Å². The molecule has 1 aromatic carbocycles. The molecule has 1 fully saturated rings. The minimum atomic E-state index is -3.86. The Balaban J connectivity index is 2.49. The summed E-state index contributed by atoms with van der Waals surface area (Å²) in [6.07, 6.45) is 0. The lowest BCUT2D eigenvalue weighted by Crippen LogP contribution is -2.41. The summed E-state index contributed by atoms with van der Waals surface area (Å²) in [5.41, 5.74) is 0.137. The number of hydrogen-bond acceptors (Lipinski definition) is 6. The molecule has 0 bridgehead atoms. The van der Waals surface area contributed by atoms with E-state index in [-0.39, 0.29) is 15.8 Å². The highest BCUT2D eigenvalue weighted by molar-refractivity contribution is 8.00. The van der Waals surface area contributed by atoms with Crippen molar-refractivity contribution < 1.29 is 13.3 Å². The van der Waals surface area contributed by atoms with E-state index < -0.39 is 14.9 Å². The van der Waals surface area contributed by atoms with Crippen molar-refractivity contribution in [1.29, 1.82) is 0 Å². The molecule has 1 aromatic rings. The molecule has 0 aromatic heterocycles. The second-order valence-electron chi connectivity index (χ2n) is 4.73. The molecule has 0 saturated carbocycles. The van der Waals surface area contributed by atoms with Crippen LogP contribution in [0.4, 0.5) is 11.4 Å². The average Bonchev–Trinajstić information content (AvgIpc) is 2.46. The number of nitrogens with one attached hydrogen (secondary N) is 1. The van der Waals surface area contributed by atoms with Gasteiger partial charge < -0.3 is 5.32 Å². The van der Waals surface area contributed by atoms with Crippen LogP contribution >= 0.6 is 11.8 Å². The Morgan fingerprint density at radius 1 is 1.48 bits per heavy atom.